The predicted octanol–water partition coefficient (Wildman–Crippen LogP) is 0.433. The monoisotopic (exact) mass is 329 g/mol. The standard InChI is InChI=1S/C15H15N5O4/c1-24-8-4-2-7(3-5-8)17-15-19-13-11(14(23)20-15)9(12(16)22)6-10(21)18-13/h2-5,9H,6H2,1H3,(H2,16,22)(H3,17,18,19,20,21,23). The molecule has 24 heavy (non-hydrogen) atoms. The third kappa shape index (κ3) is 2.91. The average Bonchev–Trinajstić information content (AvgIpc) is 2.54. The summed E-state index contributed by atoms with van der Waals surface area (Å²) in [5.74, 6) is -1.29. The van der Waals surface area contributed by atoms with Crippen LogP contribution in [0.5, 0.6) is 5.75 Å². The second kappa shape index (κ2) is 6.03. The van der Waals surface area contributed by atoms with Crippen molar-refractivity contribution >= 4 is 29.3 Å². The van der Waals surface area contributed by atoms with Crippen LogP contribution in [-0.2, 0) is 9.59 Å². The summed E-state index contributed by atoms with van der Waals surface area (Å²) in [5, 5.41) is 5.41. The zero-order chi connectivity index (χ0) is 17.3. The minimum atomic E-state index is -0.986. The molecule has 0 fully saturated rings. The van der Waals surface area contributed by atoms with E-state index in [1.165, 1.54) is 0 Å². The van der Waals surface area contributed by atoms with Gasteiger partial charge >= 0.3 is 0 Å². The van der Waals surface area contributed by atoms with Gasteiger partial charge in [-0.2, -0.15) is 4.98 Å². The van der Waals surface area contributed by atoms with E-state index in [2.05, 4.69) is 20.6 Å². The molecule has 124 valence electrons. The highest BCUT2D eigenvalue weighted by atomic mass is 16.5. The molecule has 1 atom stereocenters. The van der Waals surface area contributed by atoms with Gasteiger partial charge in [0.05, 0.1) is 18.6 Å². The van der Waals surface area contributed by atoms with E-state index in [1.807, 2.05) is 0 Å². The molecule has 0 saturated heterocycles. The van der Waals surface area contributed by atoms with Crippen LogP contribution in [0.25, 0.3) is 0 Å². The van der Waals surface area contributed by atoms with Crippen molar-refractivity contribution in [2.75, 3.05) is 17.7 Å². The first-order valence-corrected chi connectivity index (χ1v) is 7.12. The van der Waals surface area contributed by atoms with Crippen molar-refractivity contribution in [1.82, 2.24) is 9.97 Å². The molecule has 9 nitrogen and oxygen atoms in total. The summed E-state index contributed by atoms with van der Waals surface area (Å²) in [7, 11) is 1.56. The van der Waals surface area contributed by atoms with Gasteiger partial charge in [0.1, 0.15) is 11.6 Å². The molecule has 9 heteroatoms. The van der Waals surface area contributed by atoms with Crippen molar-refractivity contribution in [2.45, 2.75) is 12.3 Å². The van der Waals surface area contributed by atoms with Gasteiger partial charge in [0.15, 0.2) is 0 Å². The molecule has 0 radical (unpaired) electrons. The van der Waals surface area contributed by atoms with Crippen LogP contribution in [0, 0.1) is 0 Å². The van der Waals surface area contributed by atoms with Crippen LogP contribution in [0.4, 0.5) is 17.5 Å². The summed E-state index contributed by atoms with van der Waals surface area (Å²) < 4.78 is 5.07. The Kier molecular flexibility index (Phi) is 3.90. The Labute approximate surface area is 136 Å². The minimum Gasteiger partial charge on any atom is -0.497 e. The highest BCUT2D eigenvalue weighted by Crippen LogP contribution is 2.28. The van der Waals surface area contributed by atoms with Crippen molar-refractivity contribution in [2.24, 2.45) is 5.73 Å². The molecular weight excluding hydrogens is 314 g/mol. The topological polar surface area (TPSA) is 139 Å². The number of hydrogen-bond donors (Lipinski definition) is 4. The Hall–Kier alpha value is -3.36. The lowest BCUT2D eigenvalue weighted by Crippen LogP contribution is -2.36. The van der Waals surface area contributed by atoms with Crippen LogP contribution in [0.15, 0.2) is 29.1 Å². The summed E-state index contributed by atoms with van der Waals surface area (Å²) in [6.45, 7) is 0. The largest absolute Gasteiger partial charge is 0.497 e. The van der Waals surface area contributed by atoms with E-state index in [0.29, 0.717) is 11.4 Å². The Balaban J connectivity index is 1.95. The molecule has 0 spiro atoms. The third-order valence-corrected chi connectivity index (χ3v) is 3.65. The molecule has 2 heterocycles. The molecule has 2 aromatic rings. The number of primary amides is 1. The van der Waals surface area contributed by atoms with Gasteiger partial charge in [-0.1, -0.05) is 0 Å². The number of methoxy groups -OCH3 is 1. The molecule has 0 bridgehead atoms. The average molecular weight is 329 g/mol. The first-order chi connectivity index (χ1) is 11.5. The van der Waals surface area contributed by atoms with Gasteiger partial charge in [-0.05, 0) is 24.3 Å². The Morgan fingerprint density at radius 1 is 1.33 bits per heavy atom. The highest BCUT2D eigenvalue weighted by molar-refractivity contribution is 5.99. The van der Waals surface area contributed by atoms with Gasteiger partial charge in [-0.3, -0.25) is 19.4 Å². The second-order valence-electron chi connectivity index (χ2n) is 5.24. The Bertz CT molecular complexity index is 859. The van der Waals surface area contributed by atoms with Crippen LogP contribution in [0.2, 0.25) is 0 Å². The normalized spacial score (nSPS) is 16.0. The maximum atomic E-state index is 12.3. The summed E-state index contributed by atoms with van der Waals surface area (Å²) in [6, 6.07) is 6.96. The second-order valence-corrected chi connectivity index (χ2v) is 5.24. The maximum absolute atomic E-state index is 12.3. The summed E-state index contributed by atoms with van der Waals surface area (Å²) >= 11 is 0. The number of amides is 2. The molecule has 5 N–H and O–H groups in total. The third-order valence-electron chi connectivity index (χ3n) is 3.65. The molecule has 2 amide bonds. The number of aromatic nitrogens is 2. The van der Waals surface area contributed by atoms with Crippen molar-refractivity contribution < 1.29 is 14.3 Å². The fourth-order valence-corrected chi connectivity index (χ4v) is 2.48. The number of anilines is 3. The number of aromatic amines is 1. The number of carbonyl (C=O) groups excluding carboxylic acids is 2. The summed E-state index contributed by atoms with van der Waals surface area (Å²) in [6.07, 6.45) is -0.168. The van der Waals surface area contributed by atoms with Gasteiger partial charge < -0.3 is 21.1 Å². The predicted molar refractivity (Wildman–Crippen MR) is 86.3 cm³/mol. The number of rotatable bonds is 4. The van der Waals surface area contributed by atoms with Crippen molar-refractivity contribution in [3.63, 3.8) is 0 Å². The highest BCUT2D eigenvalue weighted by Gasteiger charge is 2.33. The van der Waals surface area contributed by atoms with Crippen molar-refractivity contribution in [3.05, 3.63) is 40.2 Å². The number of ether oxygens (including phenoxy) is 1. The fourth-order valence-electron chi connectivity index (χ4n) is 2.48. The summed E-state index contributed by atoms with van der Waals surface area (Å²) in [5.41, 5.74) is 5.48. The van der Waals surface area contributed by atoms with Gasteiger partial charge in [0, 0.05) is 12.1 Å². The van der Waals surface area contributed by atoms with Crippen LogP contribution in [0.3, 0.4) is 0 Å². The number of nitrogens with zero attached hydrogens (tertiary/aromatic N) is 1. The van der Waals surface area contributed by atoms with Gasteiger partial charge in [0.2, 0.25) is 17.8 Å². The van der Waals surface area contributed by atoms with Crippen LogP contribution in [-0.4, -0.2) is 28.9 Å². The fraction of sp³-hybridized carbons (Fsp3) is 0.200. The van der Waals surface area contributed by atoms with Crippen molar-refractivity contribution in [3.8, 4) is 5.75 Å². The molecule has 0 saturated carbocycles. The van der Waals surface area contributed by atoms with Crippen LogP contribution < -0.4 is 26.7 Å². The first kappa shape index (κ1) is 15.5. The molecule has 1 aromatic carbocycles. The van der Waals surface area contributed by atoms with E-state index in [0.717, 1.165) is 0 Å². The van der Waals surface area contributed by atoms with E-state index in [9.17, 15) is 14.4 Å². The van der Waals surface area contributed by atoms with E-state index < -0.39 is 23.3 Å². The van der Waals surface area contributed by atoms with Crippen LogP contribution >= 0.6 is 0 Å². The quantitative estimate of drug-likeness (QED) is 0.641. The van der Waals surface area contributed by atoms with Gasteiger partial charge in [0.25, 0.3) is 5.56 Å². The van der Waals surface area contributed by atoms with Crippen molar-refractivity contribution in [1.29, 1.82) is 0 Å². The van der Waals surface area contributed by atoms with E-state index in [1.54, 1.807) is 31.4 Å². The minimum absolute atomic E-state index is 0.0369. The molecular formula is C15H15N5O4. The van der Waals surface area contributed by atoms with E-state index in [-0.39, 0.29) is 23.8 Å². The lowest BCUT2D eigenvalue weighted by Gasteiger charge is -2.21. The number of benzene rings is 1. The first-order valence-electron chi connectivity index (χ1n) is 7.12. The lowest BCUT2D eigenvalue weighted by atomic mass is 9.93. The molecule has 1 aliphatic rings. The molecule has 1 unspecified atom stereocenters. The SMILES string of the molecule is COc1ccc(Nc2nc3c(c(=O)[nH]2)C(C(N)=O)CC(=O)N3)cc1. The number of H-pyrrole nitrogens is 1. The molecule has 1 aromatic heterocycles. The Morgan fingerprint density at radius 3 is 2.67 bits per heavy atom. The molecule has 1 aliphatic heterocycles. The number of nitrogens with one attached hydrogen (secondary N) is 3. The van der Waals surface area contributed by atoms with E-state index in [4.69, 9.17) is 10.5 Å². The molecule has 3 rings (SSSR count). The molecule has 0 aliphatic carbocycles. The zero-order valence-corrected chi connectivity index (χ0v) is 12.8. The van der Waals surface area contributed by atoms with Gasteiger partial charge in [-0.25, -0.2) is 0 Å². The maximum Gasteiger partial charge on any atom is 0.258 e. The number of carbonyl (C=O) groups is 2. The number of fused-ring (bicyclic) bond motifs is 1. The number of nitrogens with two attached hydrogens (primary N) is 1. The smallest absolute Gasteiger partial charge is 0.258 e. The summed E-state index contributed by atoms with van der Waals surface area (Å²) in [4.78, 5) is 42.2. The number of hydrogen-bond acceptors (Lipinski definition) is 6. The lowest BCUT2D eigenvalue weighted by molar-refractivity contribution is -0.124. The zero-order valence-electron chi connectivity index (χ0n) is 12.8. The van der Waals surface area contributed by atoms with Crippen LogP contribution in [0.1, 0.15) is 17.9 Å². The van der Waals surface area contributed by atoms with E-state index >= 15 is 0 Å². The van der Waals surface area contributed by atoms with Gasteiger partial charge in [-0.15, -0.1) is 0 Å². The Morgan fingerprint density at radius 2 is 2.04 bits per heavy atom.